The summed E-state index contributed by atoms with van der Waals surface area (Å²) in [7, 11) is 0. The first-order valence-electron chi connectivity index (χ1n) is 7.26. The highest BCUT2D eigenvalue weighted by Gasteiger charge is 2.32. The fourth-order valence-corrected chi connectivity index (χ4v) is 2.03. The third-order valence-electron chi connectivity index (χ3n) is 3.23. The van der Waals surface area contributed by atoms with Crippen LogP contribution in [0.2, 0.25) is 0 Å². The van der Waals surface area contributed by atoms with Crippen LogP contribution in [-0.4, -0.2) is 41.1 Å². The summed E-state index contributed by atoms with van der Waals surface area (Å²) < 4.78 is 53.5. The summed E-state index contributed by atoms with van der Waals surface area (Å²) in [6.45, 7) is -0.0141. The molecule has 1 aliphatic heterocycles. The lowest BCUT2D eigenvalue weighted by atomic mass is 10.3. The van der Waals surface area contributed by atoms with Gasteiger partial charge in [0.05, 0.1) is 0 Å². The minimum absolute atomic E-state index is 0.0775. The molecule has 0 radical (unpaired) electrons. The molecule has 0 bridgehead atoms. The number of ether oxygens (including phenoxy) is 3. The number of nitrogens with one attached hydrogen (secondary N) is 1. The van der Waals surface area contributed by atoms with E-state index >= 15 is 0 Å². The van der Waals surface area contributed by atoms with Crippen molar-refractivity contribution in [2.75, 3.05) is 25.3 Å². The largest absolute Gasteiger partial charge is 0.491 e. The number of halogens is 3. The van der Waals surface area contributed by atoms with E-state index < -0.39 is 18.0 Å². The number of benzene rings is 1. The topological polar surface area (TPSA) is 85.7 Å². The van der Waals surface area contributed by atoms with E-state index in [1.54, 1.807) is 18.2 Å². The van der Waals surface area contributed by atoms with E-state index in [9.17, 15) is 18.3 Å². The van der Waals surface area contributed by atoms with Crippen molar-refractivity contribution in [2.45, 2.75) is 12.3 Å². The van der Waals surface area contributed by atoms with Gasteiger partial charge in [0.15, 0.2) is 11.5 Å². The Kier molecular flexibility index (Phi) is 4.79. The standard InChI is InChI=1S/C15H14F3N3O4/c16-15(17,18)13-3-4-19-14(21-13)20-6-9(22)7-23-10-1-2-11-12(5-10)25-8-24-11/h1-5,9,22H,6-8H2,(H,19,20,21). The molecular weight excluding hydrogens is 343 g/mol. The minimum Gasteiger partial charge on any atom is -0.491 e. The van der Waals surface area contributed by atoms with E-state index in [2.05, 4.69) is 15.3 Å². The fraction of sp³-hybridized carbons (Fsp3) is 0.333. The lowest BCUT2D eigenvalue weighted by Gasteiger charge is -2.14. The monoisotopic (exact) mass is 357 g/mol. The van der Waals surface area contributed by atoms with Crippen LogP contribution in [0.4, 0.5) is 19.1 Å². The molecule has 0 saturated carbocycles. The molecule has 1 aromatic heterocycles. The second-order valence-electron chi connectivity index (χ2n) is 5.12. The first-order valence-corrected chi connectivity index (χ1v) is 7.26. The van der Waals surface area contributed by atoms with Crippen molar-refractivity contribution < 1.29 is 32.5 Å². The summed E-state index contributed by atoms with van der Waals surface area (Å²) in [5, 5.41) is 12.4. The maximum Gasteiger partial charge on any atom is 0.433 e. The second-order valence-corrected chi connectivity index (χ2v) is 5.12. The van der Waals surface area contributed by atoms with Gasteiger partial charge in [0.1, 0.15) is 24.2 Å². The normalized spacial score (nSPS) is 14.2. The van der Waals surface area contributed by atoms with Crippen molar-refractivity contribution in [3.63, 3.8) is 0 Å². The summed E-state index contributed by atoms with van der Waals surface area (Å²) in [5.74, 6) is 1.40. The molecule has 1 unspecified atom stereocenters. The molecule has 134 valence electrons. The zero-order chi connectivity index (χ0) is 17.9. The number of hydrogen-bond donors (Lipinski definition) is 2. The molecular formula is C15H14F3N3O4. The van der Waals surface area contributed by atoms with Crippen LogP contribution in [0, 0.1) is 0 Å². The third-order valence-corrected chi connectivity index (χ3v) is 3.23. The Morgan fingerprint density at radius 2 is 2.04 bits per heavy atom. The molecule has 1 atom stereocenters. The molecule has 0 saturated heterocycles. The molecule has 1 aliphatic rings. The number of rotatable bonds is 6. The lowest BCUT2D eigenvalue weighted by molar-refractivity contribution is -0.141. The Bertz CT molecular complexity index is 742. The molecule has 7 nitrogen and oxygen atoms in total. The third kappa shape index (κ3) is 4.41. The summed E-state index contributed by atoms with van der Waals surface area (Å²) in [6, 6.07) is 5.73. The van der Waals surface area contributed by atoms with Gasteiger partial charge in [0.25, 0.3) is 0 Å². The van der Waals surface area contributed by atoms with Crippen molar-refractivity contribution in [1.82, 2.24) is 9.97 Å². The van der Waals surface area contributed by atoms with E-state index in [1.807, 2.05) is 0 Å². The second kappa shape index (κ2) is 7.01. The van der Waals surface area contributed by atoms with E-state index in [1.165, 1.54) is 0 Å². The van der Waals surface area contributed by atoms with E-state index in [-0.39, 0.29) is 25.9 Å². The van der Waals surface area contributed by atoms with Crippen LogP contribution in [0.5, 0.6) is 17.2 Å². The number of nitrogens with zero attached hydrogens (tertiary/aromatic N) is 2. The van der Waals surface area contributed by atoms with Crippen molar-refractivity contribution in [3.8, 4) is 17.2 Å². The summed E-state index contributed by atoms with van der Waals surface area (Å²) in [5.41, 5.74) is -1.06. The summed E-state index contributed by atoms with van der Waals surface area (Å²) in [4.78, 5) is 7.02. The van der Waals surface area contributed by atoms with Crippen LogP contribution >= 0.6 is 0 Å². The first kappa shape index (κ1) is 17.1. The molecule has 2 aromatic rings. The van der Waals surface area contributed by atoms with Crippen molar-refractivity contribution in [1.29, 1.82) is 0 Å². The highest BCUT2D eigenvalue weighted by atomic mass is 19.4. The zero-order valence-electron chi connectivity index (χ0n) is 12.8. The average molecular weight is 357 g/mol. The Hall–Kier alpha value is -2.75. The average Bonchev–Trinajstić information content (AvgIpc) is 3.05. The van der Waals surface area contributed by atoms with Gasteiger partial charge >= 0.3 is 6.18 Å². The van der Waals surface area contributed by atoms with Crippen molar-refractivity contribution in [2.24, 2.45) is 0 Å². The van der Waals surface area contributed by atoms with Gasteiger partial charge in [-0.3, -0.25) is 0 Å². The Balaban J connectivity index is 1.49. The fourth-order valence-electron chi connectivity index (χ4n) is 2.03. The Morgan fingerprint density at radius 1 is 1.24 bits per heavy atom. The van der Waals surface area contributed by atoms with Gasteiger partial charge < -0.3 is 24.6 Å². The molecule has 1 aromatic carbocycles. The van der Waals surface area contributed by atoms with Gasteiger partial charge in [-0.1, -0.05) is 0 Å². The van der Waals surface area contributed by atoms with Crippen LogP contribution < -0.4 is 19.5 Å². The molecule has 0 amide bonds. The van der Waals surface area contributed by atoms with Gasteiger partial charge in [0.2, 0.25) is 12.7 Å². The lowest BCUT2D eigenvalue weighted by Crippen LogP contribution is -2.27. The molecule has 0 fully saturated rings. The molecule has 2 N–H and O–H groups in total. The number of aromatic nitrogens is 2. The Labute approximate surface area is 140 Å². The molecule has 0 spiro atoms. The summed E-state index contributed by atoms with van der Waals surface area (Å²) >= 11 is 0. The Morgan fingerprint density at radius 3 is 2.84 bits per heavy atom. The number of alkyl halides is 3. The van der Waals surface area contributed by atoms with Gasteiger partial charge in [-0.05, 0) is 18.2 Å². The number of anilines is 1. The van der Waals surface area contributed by atoms with Gasteiger partial charge in [0, 0.05) is 18.8 Å². The number of fused-ring (bicyclic) bond motifs is 1. The van der Waals surface area contributed by atoms with Crippen LogP contribution in [0.15, 0.2) is 30.5 Å². The predicted molar refractivity (Wildman–Crippen MR) is 79.6 cm³/mol. The SMILES string of the molecule is OC(CNc1nccc(C(F)(F)F)n1)COc1ccc2c(c1)OCO2. The highest BCUT2D eigenvalue weighted by molar-refractivity contribution is 5.46. The van der Waals surface area contributed by atoms with Gasteiger partial charge in [-0.2, -0.15) is 13.2 Å². The predicted octanol–water partition coefficient (Wildman–Crippen LogP) is 2.08. The summed E-state index contributed by atoms with van der Waals surface area (Å²) in [6.07, 6.45) is -4.54. The maximum absolute atomic E-state index is 12.6. The van der Waals surface area contributed by atoms with Crippen molar-refractivity contribution in [3.05, 3.63) is 36.2 Å². The van der Waals surface area contributed by atoms with Gasteiger partial charge in [-0.15, -0.1) is 0 Å². The first-order chi connectivity index (χ1) is 11.9. The van der Waals surface area contributed by atoms with Crippen molar-refractivity contribution >= 4 is 5.95 Å². The van der Waals surface area contributed by atoms with E-state index in [4.69, 9.17) is 14.2 Å². The number of aliphatic hydroxyl groups is 1. The van der Waals surface area contributed by atoms with Gasteiger partial charge in [-0.25, -0.2) is 9.97 Å². The van der Waals surface area contributed by atoms with Crippen LogP contribution in [0.1, 0.15) is 5.69 Å². The smallest absolute Gasteiger partial charge is 0.433 e. The van der Waals surface area contributed by atoms with Crippen LogP contribution in [-0.2, 0) is 6.18 Å². The maximum atomic E-state index is 12.6. The molecule has 0 aliphatic carbocycles. The van der Waals surface area contributed by atoms with Crippen LogP contribution in [0.25, 0.3) is 0 Å². The van der Waals surface area contributed by atoms with Crippen LogP contribution in [0.3, 0.4) is 0 Å². The quantitative estimate of drug-likeness (QED) is 0.819. The minimum atomic E-state index is -4.56. The number of hydrogen-bond acceptors (Lipinski definition) is 7. The van der Waals surface area contributed by atoms with E-state index in [0.717, 1.165) is 12.3 Å². The molecule has 2 heterocycles. The zero-order valence-corrected chi connectivity index (χ0v) is 12.8. The number of aliphatic hydroxyl groups excluding tert-OH is 1. The molecule has 3 rings (SSSR count). The molecule has 10 heteroatoms. The highest BCUT2D eigenvalue weighted by Crippen LogP contribution is 2.35. The molecule has 25 heavy (non-hydrogen) atoms. The van der Waals surface area contributed by atoms with E-state index in [0.29, 0.717) is 17.2 Å².